The van der Waals surface area contributed by atoms with Crippen LogP contribution >= 0.6 is 0 Å². The van der Waals surface area contributed by atoms with E-state index in [0.717, 1.165) is 13.1 Å². The van der Waals surface area contributed by atoms with Gasteiger partial charge in [0.15, 0.2) is 0 Å². The molecule has 3 heteroatoms. The van der Waals surface area contributed by atoms with Crippen LogP contribution in [0.2, 0.25) is 0 Å². The van der Waals surface area contributed by atoms with Crippen molar-refractivity contribution >= 4 is 0 Å². The molecule has 1 aromatic rings. The summed E-state index contributed by atoms with van der Waals surface area (Å²) in [4.78, 5) is 2.27. The molecule has 2 rings (SSSR count). The van der Waals surface area contributed by atoms with E-state index in [1.165, 1.54) is 5.56 Å². The van der Waals surface area contributed by atoms with Gasteiger partial charge in [0.2, 0.25) is 0 Å². The molecule has 0 aromatic heterocycles. The zero-order valence-electron chi connectivity index (χ0n) is 11.0. The van der Waals surface area contributed by atoms with Gasteiger partial charge in [-0.3, -0.25) is 0 Å². The van der Waals surface area contributed by atoms with Gasteiger partial charge in [-0.1, -0.05) is 44.2 Å². The van der Waals surface area contributed by atoms with Gasteiger partial charge in [-0.25, -0.2) is 4.90 Å². The molecule has 1 fully saturated rings. The lowest BCUT2D eigenvalue weighted by atomic mass is 10.0. The van der Waals surface area contributed by atoms with Gasteiger partial charge in [0.1, 0.15) is 12.7 Å². The molecular weight excluding hydrogens is 212 g/mol. The van der Waals surface area contributed by atoms with Crippen LogP contribution in [0.15, 0.2) is 30.3 Å². The lowest BCUT2D eigenvalue weighted by Gasteiger charge is -2.41. The third-order valence-corrected chi connectivity index (χ3v) is 3.65. The van der Waals surface area contributed by atoms with E-state index in [1.807, 2.05) is 6.07 Å². The summed E-state index contributed by atoms with van der Waals surface area (Å²) in [7, 11) is 1.80. The minimum Gasteiger partial charge on any atom is -0.632 e. The molecule has 0 bridgehead atoms. The summed E-state index contributed by atoms with van der Waals surface area (Å²) in [6.45, 7) is 6.70. The van der Waals surface area contributed by atoms with Crippen molar-refractivity contribution in [2.45, 2.75) is 26.4 Å². The number of quaternary nitrogens is 1. The lowest BCUT2D eigenvalue weighted by Crippen LogP contribution is -2.46. The van der Waals surface area contributed by atoms with Gasteiger partial charge in [-0.05, 0) is 5.56 Å². The third kappa shape index (κ3) is 2.86. The molecular formula is C14H22N2O. The maximum Gasteiger partial charge on any atom is 0.135 e. The number of hydroxylamine groups is 3. The van der Waals surface area contributed by atoms with E-state index >= 15 is 0 Å². The Morgan fingerprint density at radius 1 is 1.35 bits per heavy atom. The highest BCUT2D eigenvalue weighted by molar-refractivity contribution is 5.14. The first kappa shape index (κ1) is 12.6. The molecule has 1 saturated heterocycles. The molecule has 0 aliphatic carbocycles. The van der Waals surface area contributed by atoms with E-state index in [0.29, 0.717) is 12.6 Å². The summed E-state index contributed by atoms with van der Waals surface area (Å²) in [6, 6.07) is 10.6. The molecule has 0 amide bonds. The highest BCUT2D eigenvalue weighted by Gasteiger charge is 2.38. The Hall–Kier alpha value is -0.900. The summed E-state index contributed by atoms with van der Waals surface area (Å²) in [6.07, 6.45) is 0. The smallest absolute Gasteiger partial charge is 0.135 e. The Morgan fingerprint density at radius 3 is 2.53 bits per heavy atom. The molecule has 94 valence electrons. The molecule has 1 aliphatic heterocycles. The Bertz CT molecular complexity index is 362. The maximum atomic E-state index is 12.4. The van der Waals surface area contributed by atoms with Crippen molar-refractivity contribution in [3.05, 3.63) is 41.1 Å². The normalized spacial score (nSPS) is 30.1. The van der Waals surface area contributed by atoms with Gasteiger partial charge in [-0.15, -0.1) is 0 Å². The monoisotopic (exact) mass is 234 g/mol. The van der Waals surface area contributed by atoms with Crippen molar-refractivity contribution in [2.24, 2.45) is 5.92 Å². The van der Waals surface area contributed by atoms with Gasteiger partial charge < -0.3 is 9.85 Å². The zero-order chi connectivity index (χ0) is 12.5. The highest BCUT2D eigenvalue weighted by atomic mass is 16.6. The van der Waals surface area contributed by atoms with Gasteiger partial charge in [0, 0.05) is 12.5 Å². The Kier molecular flexibility index (Phi) is 3.52. The van der Waals surface area contributed by atoms with Crippen molar-refractivity contribution < 1.29 is 4.65 Å². The first-order valence-electron chi connectivity index (χ1n) is 6.31. The van der Waals surface area contributed by atoms with Crippen LogP contribution in [0, 0.1) is 11.1 Å². The van der Waals surface area contributed by atoms with E-state index in [9.17, 15) is 5.21 Å². The van der Waals surface area contributed by atoms with Crippen LogP contribution in [0.4, 0.5) is 0 Å². The Labute approximate surface area is 104 Å². The molecule has 0 radical (unpaired) electrons. The first-order valence-corrected chi connectivity index (χ1v) is 6.31. The molecule has 1 aromatic carbocycles. The van der Waals surface area contributed by atoms with Crippen LogP contribution in [-0.4, -0.2) is 35.8 Å². The molecule has 1 aliphatic rings. The van der Waals surface area contributed by atoms with Crippen LogP contribution in [0.3, 0.4) is 0 Å². The number of benzene rings is 1. The Morgan fingerprint density at radius 2 is 2.00 bits per heavy atom. The molecule has 2 atom stereocenters. The van der Waals surface area contributed by atoms with Crippen LogP contribution in [0.25, 0.3) is 0 Å². The predicted molar refractivity (Wildman–Crippen MR) is 69.9 cm³/mol. The fourth-order valence-electron chi connectivity index (χ4n) is 2.79. The number of hydrogen-bond donors (Lipinski definition) is 0. The number of rotatable bonds is 3. The second-order valence-corrected chi connectivity index (χ2v) is 5.62. The quantitative estimate of drug-likeness (QED) is 0.593. The average Bonchev–Trinajstić information content (AvgIpc) is 2.55. The fourth-order valence-corrected chi connectivity index (χ4v) is 2.79. The van der Waals surface area contributed by atoms with E-state index in [4.69, 9.17) is 0 Å². The zero-order valence-corrected chi connectivity index (χ0v) is 11.0. The largest absolute Gasteiger partial charge is 0.632 e. The topological polar surface area (TPSA) is 26.3 Å². The molecule has 17 heavy (non-hydrogen) atoms. The molecule has 0 N–H and O–H groups in total. The lowest BCUT2D eigenvalue weighted by molar-refractivity contribution is -0.880. The number of likely N-dealkylation sites (N-methyl/N-ethyl adjacent to an activating group) is 1. The first-order chi connectivity index (χ1) is 7.99. The minimum atomic E-state index is -0.121. The second-order valence-electron chi connectivity index (χ2n) is 5.62. The van der Waals surface area contributed by atoms with Crippen molar-refractivity contribution in [1.82, 2.24) is 4.90 Å². The summed E-state index contributed by atoms with van der Waals surface area (Å²) in [5.74, 6) is 0.443. The van der Waals surface area contributed by atoms with Gasteiger partial charge in [-0.2, -0.15) is 0 Å². The number of hydrogen-bond acceptors (Lipinski definition) is 2. The third-order valence-electron chi connectivity index (χ3n) is 3.65. The van der Waals surface area contributed by atoms with Crippen molar-refractivity contribution in [3.63, 3.8) is 0 Å². The van der Waals surface area contributed by atoms with Gasteiger partial charge >= 0.3 is 0 Å². The molecule has 3 nitrogen and oxygen atoms in total. The number of nitrogens with zero attached hydrogens (tertiary/aromatic N) is 2. The standard InChI is InChI=1S/C14H22N2O/c1-12(2)14-10-15(11-16(14,3)17)9-13-7-5-4-6-8-13/h4-8,12,14H,9-11H2,1-3H3. The summed E-state index contributed by atoms with van der Waals surface area (Å²) < 4.78 is -0.121. The average molecular weight is 234 g/mol. The van der Waals surface area contributed by atoms with E-state index in [-0.39, 0.29) is 10.7 Å². The summed E-state index contributed by atoms with van der Waals surface area (Å²) in [5, 5.41) is 12.4. The summed E-state index contributed by atoms with van der Waals surface area (Å²) >= 11 is 0. The van der Waals surface area contributed by atoms with Crippen molar-refractivity contribution in [1.29, 1.82) is 0 Å². The van der Waals surface area contributed by atoms with Gasteiger partial charge in [0.05, 0.1) is 13.6 Å². The molecule has 1 heterocycles. The van der Waals surface area contributed by atoms with Crippen molar-refractivity contribution in [3.8, 4) is 0 Å². The molecule has 0 spiro atoms. The van der Waals surface area contributed by atoms with Crippen LogP contribution < -0.4 is 0 Å². The fraction of sp³-hybridized carbons (Fsp3) is 0.571. The van der Waals surface area contributed by atoms with Crippen LogP contribution in [0.1, 0.15) is 19.4 Å². The van der Waals surface area contributed by atoms with Gasteiger partial charge in [0.25, 0.3) is 0 Å². The van der Waals surface area contributed by atoms with Crippen LogP contribution in [0.5, 0.6) is 0 Å². The Balaban J connectivity index is 2.02. The predicted octanol–water partition coefficient (Wildman–Crippen LogP) is 2.43. The highest BCUT2D eigenvalue weighted by Crippen LogP contribution is 2.26. The minimum absolute atomic E-state index is 0.121. The van der Waals surface area contributed by atoms with E-state index in [1.54, 1.807) is 7.05 Å². The second kappa shape index (κ2) is 4.77. The molecule has 0 saturated carbocycles. The van der Waals surface area contributed by atoms with E-state index in [2.05, 4.69) is 43.0 Å². The summed E-state index contributed by atoms with van der Waals surface area (Å²) in [5.41, 5.74) is 1.29. The molecule has 2 unspecified atom stereocenters. The van der Waals surface area contributed by atoms with Crippen LogP contribution in [-0.2, 0) is 6.54 Å². The van der Waals surface area contributed by atoms with E-state index < -0.39 is 0 Å². The maximum absolute atomic E-state index is 12.4. The SMILES string of the molecule is CC(C)C1CN(Cc2ccccc2)C[N+]1(C)[O-]. The van der Waals surface area contributed by atoms with Crippen molar-refractivity contribution in [2.75, 3.05) is 20.3 Å².